The molecule has 7 heteroatoms. The van der Waals surface area contributed by atoms with Gasteiger partial charge in [0.25, 0.3) is 10.0 Å². The van der Waals surface area contributed by atoms with Crippen molar-refractivity contribution in [3.8, 4) is 11.3 Å². The standard InChI is InChI=1S/C17H22N4O2S/c1-11(2)21-10-16(19-17(21)24(18,22)23)14-5-3-4-12-8-20(9-15(12)14)13-6-7-13/h3-5,10-11,13H,6-9H2,1-2H3,(H2,18,22,23). The highest BCUT2D eigenvalue weighted by molar-refractivity contribution is 7.89. The lowest BCUT2D eigenvalue weighted by molar-refractivity contribution is 0.273. The largest absolute Gasteiger partial charge is 0.318 e. The molecule has 0 atom stereocenters. The van der Waals surface area contributed by atoms with Crippen molar-refractivity contribution in [1.82, 2.24) is 14.5 Å². The minimum Gasteiger partial charge on any atom is -0.318 e. The molecule has 0 unspecified atom stereocenters. The summed E-state index contributed by atoms with van der Waals surface area (Å²) in [6.45, 7) is 5.73. The van der Waals surface area contributed by atoms with Gasteiger partial charge in [0.15, 0.2) is 0 Å². The molecule has 4 rings (SSSR count). The molecule has 2 N–H and O–H groups in total. The van der Waals surface area contributed by atoms with Crippen LogP contribution in [0.5, 0.6) is 0 Å². The van der Waals surface area contributed by atoms with Crippen molar-refractivity contribution in [3.63, 3.8) is 0 Å². The number of fused-ring (bicyclic) bond motifs is 1. The zero-order chi connectivity index (χ0) is 17.1. The first-order chi connectivity index (χ1) is 11.3. The summed E-state index contributed by atoms with van der Waals surface area (Å²) in [6, 6.07) is 6.88. The van der Waals surface area contributed by atoms with Crippen molar-refractivity contribution in [2.45, 2.75) is 57.0 Å². The predicted molar refractivity (Wildman–Crippen MR) is 91.7 cm³/mol. The number of sulfonamides is 1. The zero-order valence-corrected chi connectivity index (χ0v) is 14.8. The first kappa shape index (κ1) is 15.8. The molecule has 2 heterocycles. The summed E-state index contributed by atoms with van der Waals surface area (Å²) in [5.41, 5.74) is 4.27. The van der Waals surface area contributed by atoms with Crippen LogP contribution in [0.25, 0.3) is 11.3 Å². The first-order valence-corrected chi connectivity index (χ1v) is 9.86. The lowest BCUT2D eigenvalue weighted by Gasteiger charge is -2.12. The third-order valence-electron chi connectivity index (χ3n) is 4.86. The van der Waals surface area contributed by atoms with Gasteiger partial charge in [-0.1, -0.05) is 18.2 Å². The van der Waals surface area contributed by atoms with E-state index < -0.39 is 10.0 Å². The summed E-state index contributed by atoms with van der Waals surface area (Å²) >= 11 is 0. The summed E-state index contributed by atoms with van der Waals surface area (Å²) in [4.78, 5) is 6.86. The third kappa shape index (κ3) is 2.66. The topological polar surface area (TPSA) is 81.2 Å². The second kappa shape index (κ2) is 5.40. The molecule has 2 aliphatic rings. The molecule has 128 valence electrons. The minimum absolute atomic E-state index is 0.0284. The molecule has 1 saturated carbocycles. The zero-order valence-electron chi connectivity index (χ0n) is 13.9. The fraction of sp³-hybridized carbons (Fsp3) is 0.471. The maximum absolute atomic E-state index is 11.9. The van der Waals surface area contributed by atoms with Crippen LogP contribution in [0.15, 0.2) is 29.6 Å². The number of rotatable bonds is 4. The fourth-order valence-corrected chi connectivity index (χ4v) is 4.25. The van der Waals surface area contributed by atoms with Gasteiger partial charge in [-0.15, -0.1) is 0 Å². The number of hydrogen-bond donors (Lipinski definition) is 1. The smallest absolute Gasteiger partial charge is 0.272 e. The van der Waals surface area contributed by atoms with E-state index in [2.05, 4.69) is 16.0 Å². The number of hydrogen-bond acceptors (Lipinski definition) is 4. The van der Waals surface area contributed by atoms with Crippen LogP contribution in [0.2, 0.25) is 0 Å². The van der Waals surface area contributed by atoms with Gasteiger partial charge in [-0.25, -0.2) is 18.5 Å². The first-order valence-electron chi connectivity index (χ1n) is 8.31. The normalized spacial score (nSPS) is 18.3. The number of nitrogens with two attached hydrogens (primary N) is 1. The van der Waals surface area contributed by atoms with Gasteiger partial charge in [-0.3, -0.25) is 4.90 Å². The molecule has 0 radical (unpaired) electrons. The Balaban J connectivity index is 1.80. The van der Waals surface area contributed by atoms with E-state index in [9.17, 15) is 8.42 Å². The van der Waals surface area contributed by atoms with Gasteiger partial charge < -0.3 is 4.57 Å². The van der Waals surface area contributed by atoms with Crippen LogP contribution in [0.4, 0.5) is 0 Å². The van der Waals surface area contributed by atoms with Crippen molar-refractivity contribution in [1.29, 1.82) is 0 Å². The molecule has 0 saturated heterocycles. The van der Waals surface area contributed by atoms with Gasteiger partial charge in [0, 0.05) is 36.9 Å². The van der Waals surface area contributed by atoms with Crippen LogP contribution in [-0.4, -0.2) is 28.9 Å². The van der Waals surface area contributed by atoms with Gasteiger partial charge in [0.05, 0.1) is 5.69 Å². The SMILES string of the molecule is CC(C)n1cc(-c2cccc3c2CN(C2CC2)C3)nc1S(N)(=O)=O. The van der Waals surface area contributed by atoms with Crippen LogP contribution in [0, 0.1) is 0 Å². The van der Waals surface area contributed by atoms with Crippen molar-refractivity contribution < 1.29 is 8.42 Å². The number of benzene rings is 1. The maximum atomic E-state index is 11.9. The highest BCUT2D eigenvalue weighted by atomic mass is 32.2. The van der Waals surface area contributed by atoms with Gasteiger partial charge in [-0.05, 0) is 37.8 Å². The molecule has 1 fully saturated rings. The van der Waals surface area contributed by atoms with E-state index in [1.807, 2.05) is 26.0 Å². The van der Waals surface area contributed by atoms with E-state index in [1.54, 1.807) is 10.8 Å². The van der Waals surface area contributed by atoms with Gasteiger partial charge in [0.2, 0.25) is 5.16 Å². The summed E-state index contributed by atoms with van der Waals surface area (Å²) in [6.07, 6.45) is 4.36. The summed E-state index contributed by atoms with van der Waals surface area (Å²) < 4.78 is 25.4. The summed E-state index contributed by atoms with van der Waals surface area (Å²) in [5, 5.41) is 5.28. The van der Waals surface area contributed by atoms with Crippen LogP contribution in [0.3, 0.4) is 0 Å². The second-order valence-corrected chi connectivity index (χ2v) is 8.49. The number of primary sulfonamides is 1. The highest BCUT2D eigenvalue weighted by Crippen LogP contribution is 2.38. The monoisotopic (exact) mass is 346 g/mol. The lowest BCUT2D eigenvalue weighted by Crippen LogP contribution is -2.19. The van der Waals surface area contributed by atoms with E-state index in [-0.39, 0.29) is 11.2 Å². The Kier molecular flexibility index (Phi) is 3.56. The highest BCUT2D eigenvalue weighted by Gasteiger charge is 2.34. The molecule has 1 aromatic heterocycles. The van der Waals surface area contributed by atoms with Crippen LogP contribution in [0.1, 0.15) is 43.9 Å². The van der Waals surface area contributed by atoms with E-state index in [0.717, 1.165) is 18.7 Å². The Bertz CT molecular complexity index is 897. The van der Waals surface area contributed by atoms with Crippen molar-refractivity contribution in [2.24, 2.45) is 5.14 Å². The Labute approximate surface area is 142 Å². The number of nitrogens with zero attached hydrogens (tertiary/aromatic N) is 3. The molecule has 24 heavy (non-hydrogen) atoms. The lowest BCUT2D eigenvalue weighted by atomic mass is 10.0. The van der Waals surface area contributed by atoms with E-state index >= 15 is 0 Å². The fourth-order valence-electron chi connectivity index (χ4n) is 3.47. The Morgan fingerprint density at radius 3 is 2.58 bits per heavy atom. The summed E-state index contributed by atoms with van der Waals surface area (Å²) in [5.74, 6) is 0. The van der Waals surface area contributed by atoms with Crippen LogP contribution < -0.4 is 5.14 Å². The number of imidazole rings is 1. The van der Waals surface area contributed by atoms with Gasteiger partial charge >= 0.3 is 0 Å². The molecule has 0 spiro atoms. The molecular formula is C17H22N4O2S. The third-order valence-corrected chi connectivity index (χ3v) is 5.67. The van der Waals surface area contributed by atoms with Crippen molar-refractivity contribution in [3.05, 3.63) is 35.5 Å². The van der Waals surface area contributed by atoms with Gasteiger partial charge in [0.1, 0.15) is 0 Å². The molecule has 1 aromatic carbocycles. The number of aromatic nitrogens is 2. The van der Waals surface area contributed by atoms with E-state index in [1.165, 1.54) is 24.0 Å². The molecule has 6 nitrogen and oxygen atoms in total. The maximum Gasteiger partial charge on any atom is 0.272 e. The Morgan fingerprint density at radius 2 is 2.00 bits per heavy atom. The minimum atomic E-state index is -3.85. The average Bonchev–Trinajstić information content (AvgIpc) is 3.10. The van der Waals surface area contributed by atoms with Crippen molar-refractivity contribution in [2.75, 3.05) is 0 Å². The average molecular weight is 346 g/mol. The van der Waals surface area contributed by atoms with E-state index in [0.29, 0.717) is 11.7 Å². The molecular weight excluding hydrogens is 324 g/mol. The van der Waals surface area contributed by atoms with Gasteiger partial charge in [-0.2, -0.15) is 0 Å². The predicted octanol–water partition coefficient (Wildman–Crippen LogP) is 2.26. The second-order valence-electron chi connectivity index (χ2n) is 7.03. The Hall–Kier alpha value is -1.70. The quantitative estimate of drug-likeness (QED) is 0.921. The molecule has 2 aromatic rings. The molecule has 0 amide bonds. The van der Waals surface area contributed by atoms with Crippen LogP contribution in [-0.2, 0) is 23.1 Å². The molecule has 0 bridgehead atoms. The van der Waals surface area contributed by atoms with Crippen molar-refractivity contribution >= 4 is 10.0 Å². The summed E-state index contributed by atoms with van der Waals surface area (Å²) in [7, 11) is -3.85. The molecule has 1 aliphatic carbocycles. The van der Waals surface area contributed by atoms with E-state index in [4.69, 9.17) is 5.14 Å². The Morgan fingerprint density at radius 1 is 1.25 bits per heavy atom. The van der Waals surface area contributed by atoms with Crippen LogP contribution >= 0.6 is 0 Å². The molecule has 1 aliphatic heterocycles.